The van der Waals surface area contributed by atoms with E-state index in [4.69, 9.17) is 16.0 Å². The summed E-state index contributed by atoms with van der Waals surface area (Å²) in [5.41, 5.74) is 3.24. The standard InChI is InChI=1S/C17H16ClNO/c1-11-9-13(18)7-8-14(11)17(19-2)16-10-12-5-3-4-6-15(12)20-16/h3-10,17,19H,1-2H3. The predicted molar refractivity (Wildman–Crippen MR) is 83.3 cm³/mol. The number of halogens is 1. The van der Waals surface area contributed by atoms with Gasteiger partial charge in [0.1, 0.15) is 11.3 Å². The number of nitrogens with one attached hydrogen (secondary N) is 1. The van der Waals surface area contributed by atoms with Gasteiger partial charge in [0.15, 0.2) is 0 Å². The number of furan rings is 1. The van der Waals surface area contributed by atoms with Crippen LogP contribution in [-0.4, -0.2) is 7.05 Å². The first kappa shape index (κ1) is 13.2. The number of hydrogen-bond acceptors (Lipinski definition) is 2. The van der Waals surface area contributed by atoms with E-state index < -0.39 is 0 Å². The predicted octanol–water partition coefficient (Wildman–Crippen LogP) is 4.70. The van der Waals surface area contributed by atoms with Crippen molar-refractivity contribution in [3.05, 3.63) is 70.4 Å². The lowest BCUT2D eigenvalue weighted by atomic mass is 9.99. The summed E-state index contributed by atoms with van der Waals surface area (Å²) in [4.78, 5) is 0. The van der Waals surface area contributed by atoms with Crippen molar-refractivity contribution >= 4 is 22.6 Å². The van der Waals surface area contributed by atoms with E-state index in [0.717, 1.165) is 27.3 Å². The zero-order valence-electron chi connectivity index (χ0n) is 11.5. The Labute approximate surface area is 123 Å². The minimum absolute atomic E-state index is 0.0275. The first-order chi connectivity index (χ1) is 9.69. The van der Waals surface area contributed by atoms with Crippen molar-refractivity contribution in [3.8, 4) is 0 Å². The van der Waals surface area contributed by atoms with Crippen LogP contribution >= 0.6 is 11.6 Å². The highest BCUT2D eigenvalue weighted by atomic mass is 35.5. The fraction of sp³-hybridized carbons (Fsp3) is 0.176. The quantitative estimate of drug-likeness (QED) is 0.754. The molecule has 1 heterocycles. The fourth-order valence-corrected chi connectivity index (χ4v) is 2.79. The van der Waals surface area contributed by atoms with E-state index in [-0.39, 0.29) is 6.04 Å². The second-order valence-corrected chi connectivity index (χ2v) is 5.35. The summed E-state index contributed by atoms with van der Waals surface area (Å²) in [5, 5.41) is 5.19. The van der Waals surface area contributed by atoms with Crippen LogP contribution in [0.25, 0.3) is 11.0 Å². The van der Waals surface area contributed by atoms with E-state index in [2.05, 4.69) is 24.4 Å². The third kappa shape index (κ3) is 2.33. The number of para-hydroxylation sites is 1. The largest absolute Gasteiger partial charge is 0.459 e. The molecule has 0 amide bonds. The molecule has 3 aromatic rings. The Morgan fingerprint density at radius 1 is 1.10 bits per heavy atom. The molecule has 20 heavy (non-hydrogen) atoms. The Morgan fingerprint density at radius 3 is 2.60 bits per heavy atom. The number of hydrogen-bond donors (Lipinski definition) is 1. The van der Waals surface area contributed by atoms with Gasteiger partial charge in [0.2, 0.25) is 0 Å². The van der Waals surface area contributed by atoms with Crippen LogP contribution in [0.3, 0.4) is 0 Å². The summed E-state index contributed by atoms with van der Waals surface area (Å²) >= 11 is 6.03. The fourth-order valence-electron chi connectivity index (χ4n) is 2.56. The molecule has 0 aliphatic heterocycles. The van der Waals surface area contributed by atoms with Gasteiger partial charge in [-0.3, -0.25) is 0 Å². The molecule has 1 unspecified atom stereocenters. The van der Waals surface area contributed by atoms with Gasteiger partial charge in [-0.15, -0.1) is 0 Å². The minimum Gasteiger partial charge on any atom is -0.459 e. The van der Waals surface area contributed by atoms with Gasteiger partial charge in [-0.2, -0.15) is 0 Å². The lowest BCUT2D eigenvalue weighted by Gasteiger charge is -2.16. The van der Waals surface area contributed by atoms with Crippen molar-refractivity contribution in [2.75, 3.05) is 7.05 Å². The van der Waals surface area contributed by atoms with Crippen molar-refractivity contribution in [3.63, 3.8) is 0 Å². The Morgan fingerprint density at radius 2 is 1.90 bits per heavy atom. The molecule has 3 heteroatoms. The van der Waals surface area contributed by atoms with E-state index in [1.165, 1.54) is 5.56 Å². The topological polar surface area (TPSA) is 25.2 Å². The SMILES string of the molecule is CNC(c1cc2ccccc2o1)c1ccc(Cl)cc1C. The molecule has 1 aromatic heterocycles. The highest BCUT2D eigenvalue weighted by Gasteiger charge is 2.18. The molecule has 0 bridgehead atoms. The maximum atomic E-state index is 6.03. The average Bonchev–Trinajstić information content (AvgIpc) is 2.85. The smallest absolute Gasteiger partial charge is 0.134 e. The molecule has 0 aliphatic carbocycles. The third-order valence-electron chi connectivity index (χ3n) is 3.56. The molecule has 3 rings (SSSR count). The highest BCUT2D eigenvalue weighted by Crippen LogP contribution is 2.30. The molecule has 102 valence electrons. The van der Waals surface area contributed by atoms with Gasteiger partial charge < -0.3 is 9.73 Å². The van der Waals surface area contributed by atoms with Crippen LogP contribution in [0, 0.1) is 6.92 Å². The highest BCUT2D eigenvalue weighted by molar-refractivity contribution is 6.30. The molecule has 2 aromatic carbocycles. The van der Waals surface area contributed by atoms with Crippen molar-refractivity contribution in [1.82, 2.24) is 5.32 Å². The number of aryl methyl sites for hydroxylation is 1. The molecule has 0 saturated heterocycles. The summed E-state index contributed by atoms with van der Waals surface area (Å²) in [6.07, 6.45) is 0. The van der Waals surface area contributed by atoms with Crippen LogP contribution in [0.2, 0.25) is 5.02 Å². The van der Waals surface area contributed by atoms with Crippen LogP contribution < -0.4 is 5.32 Å². The lowest BCUT2D eigenvalue weighted by molar-refractivity contribution is 0.490. The molecule has 1 N–H and O–H groups in total. The van der Waals surface area contributed by atoms with E-state index in [0.29, 0.717) is 0 Å². The van der Waals surface area contributed by atoms with Gasteiger partial charge >= 0.3 is 0 Å². The van der Waals surface area contributed by atoms with E-state index in [1.54, 1.807) is 0 Å². The zero-order chi connectivity index (χ0) is 14.1. The van der Waals surface area contributed by atoms with Crippen LogP contribution in [-0.2, 0) is 0 Å². The molecular formula is C17H16ClNO. The molecule has 0 saturated carbocycles. The summed E-state index contributed by atoms with van der Waals surface area (Å²) in [6, 6.07) is 16.1. The monoisotopic (exact) mass is 285 g/mol. The lowest BCUT2D eigenvalue weighted by Crippen LogP contribution is -2.18. The summed E-state index contributed by atoms with van der Waals surface area (Å²) in [5.74, 6) is 0.916. The van der Waals surface area contributed by atoms with Gasteiger partial charge in [0, 0.05) is 10.4 Å². The van der Waals surface area contributed by atoms with Crippen LogP contribution in [0.4, 0.5) is 0 Å². The second-order valence-electron chi connectivity index (χ2n) is 4.91. The molecule has 0 spiro atoms. The summed E-state index contributed by atoms with van der Waals surface area (Å²) in [7, 11) is 1.94. The van der Waals surface area contributed by atoms with Gasteiger partial charge in [-0.05, 0) is 49.4 Å². The number of benzene rings is 2. The maximum Gasteiger partial charge on any atom is 0.134 e. The first-order valence-electron chi connectivity index (χ1n) is 6.61. The molecule has 0 radical (unpaired) electrons. The van der Waals surface area contributed by atoms with E-state index in [1.807, 2.05) is 43.4 Å². The van der Waals surface area contributed by atoms with Crippen LogP contribution in [0.1, 0.15) is 22.9 Å². The Kier molecular flexibility index (Phi) is 3.51. The van der Waals surface area contributed by atoms with E-state index >= 15 is 0 Å². The minimum atomic E-state index is 0.0275. The zero-order valence-corrected chi connectivity index (χ0v) is 12.2. The first-order valence-corrected chi connectivity index (χ1v) is 6.98. The number of fused-ring (bicyclic) bond motifs is 1. The van der Waals surface area contributed by atoms with E-state index in [9.17, 15) is 0 Å². The van der Waals surface area contributed by atoms with Crippen LogP contribution in [0.5, 0.6) is 0 Å². The Hall–Kier alpha value is -1.77. The van der Waals surface area contributed by atoms with Crippen molar-refractivity contribution in [1.29, 1.82) is 0 Å². The summed E-state index contributed by atoms with van der Waals surface area (Å²) < 4.78 is 5.97. The van der Waals surface area contributed by atoms with Gasteiger partial charge in [-0.25, -0.2) is 0 Å². The van der Waals surface area contributed by atoms with Crippen molar-refractivity contribution in [2.24, 2.45) is 0 Å². The maximum absolute atomic E-state index is 6.03. The number of rotatable bonds is 3. The van der Waals surface area contributed by atoms with Gasteiger partial charge in [0.05, 0.1) is 6.04 Å². The summed E-state index contributed by atoms with van der Waals surface area (Å²) in [6.45, 7) is 2.06. The second kappa shape index (κ2) is 5.31. The van der Waals surface area contributed by atoms with Gasteiger partial charge in [-0.1, -0.05) is 35.9 Å². The Bertz CT molecular complexity index is 715. The molecule has 1 atom stereocenters. The average molecular weight is 286 g/mol. The van der Waals surface area contributed by atoms with Crippen LogP contribution in [0.15, 0.2) is 52.9 Å². The van der Waals surface area contributed by atoms with Crippen molar-refractivity contribution in [2.45, 2.75) is 13.0 Å². The molecule has 0 fully saturated rings. The van der Waals surface area contributed by atoms with Crippen molar-refractivity contribution < 1.29 is 4.42 Å². The Balaban J connectivity index is 2.08. The molecule has 0 aliphatic rings. The normalized spacial score (nSPS) is 12.8. The third-order valence-corrected chi connectivity index (χ3v) is 3.80. The van der Waals surface area contributed by atoms with Gasteiger partial charge in [0.25, 0.3) is 0 Å². The molecular weight excluding hydrogens is 270 g/mol. The molecule has 2 nitrogen and oxygen atoms in total.